The first-order valence-electron chi connectivity index (χ1n) is 4.44. The van der Waals surface area contributed by atoms with Gasteiger partial charge in [-0.15, -0.1) is 0 Å². The third kappa shape index (κ3) is 2.90. The summed E-state index contributed by atoms with van der Waals surface area (Å²) in [6.07, 6.45) is 2.42. The molecule has 0 amide bonds. The first-order chi connectivity index (χ1) is 6.24. The Morgan fingerprint density at radius 1 is 1.23 bits per heavy atom. The van der Waals surface area contributed by atoms with Crippen LogP contribution < -0.4 is 4.90 Å². The number of nitrogens with zero attached hydrogens (tertiary/aromatic N) is 1. The maximum absolute atomic E-state index is 10.1. The van der Waals surface area contributed by atoms with E-state index in [2.05, 4.69) is 29.2 Å². The van der Waals surface area contributed by atoms with Gasteiger partial charge in [0.2, 0.25) is 0 Å². The zero-order valence-corrected chi connectivity index (χ0v) is 8.16. The highest BCUT2D eigenvalue weighted by Gasteiger charge is 1.95. The number of hydrogen-bond donors (Lipinski definition) is 0. The molecule has 0 aromatic heterocycles. The maximum Gasteiger partial charge on any atom is 0.120 e. The summed E-state index contributed by atoms with van der Waals surface area (Å²) in [6, 6.07) is 8.28. The molecule has 0 saturated carbocycles. The fourth-order valence-electron chi connectivity index (χ4n) is 1.19. The second-order valence-electron chi connectivity index (χ2n) is 3.27. The average molecular weight is 177 g/mol. The quantitative estimate of drug-likeness (QED) is 0.654. The lowest BCUT2D eigenvalue weighted by molar-refractivity contribution is -0.107. The van der Waals surface area contributed by atoms with Gasteiger partial charge in [-0.3, -0.25) is 0 Å². The zero-order valence-electron chi connectivity index (χ0n) is 8.16. The van der Waals surface area contributed by atoms with Crippen molar-refractivity contribution in [1.82, 2.24) is 0 Å². The third-order valence-electron chi connectivity index (χ3n) is 2.00. The molecule has 0 aliphatic heterocycles. The topological polar surface area (TPSA) is 20.3 Å². The van der Waals surface area contributed by atoms with Crippen molar-refractivity contribution in [3.05, 3.63) is 29.8 Å². The summed E-state index contributed by atoms with van der Waals surface area (Å²) in [4.78, 5) is 12.2. The van der Waals surface area contributed by atoms with Crippen LogP contribution >= 0.6 is 0 Å². The van der Waals surface area contributed by atoms with Crippen molar-refractivity contribution in [2.24, 2.45) is 0 Å². The van der Waals surface area contributed by atoms with Gasteiger partial charge < -0.3 is 9.69 Å². The SMILES string of the molecule is CN(C)c1ccc(CCC=O)cc1. The van der Waals surface area contributed by atoms with Gasteiger partial charge in [0.15, 0.2) is 0 Å². The first-order valence-corrected chi connectivity index (χ1v) is 4.44. The highest BCUT2D eigenvalue weighted by molar-refractivity contribution is 5.51. The molecule has 2 heteroatoms. The summed E-state index contributed by atoms with van der Waals surface area (Å²) in [5.74, 6) is 0. The number of hydrogen-bond acceptors (Lipinski definition) is 2. The Hall–Kier alpha value is -1.31. The first kappa shape index (κ1) is 9.78. The average Bonchev–Trinajstić information content (AvgIpc) is 2.15. The lowest BCUT2D eigenvalue weighted by atomic mass is 10.1. The second-order valence-corrected chi connectivity index (χ2v) is 3.27. The van der Waals surface area contributed by atoms with Gasteiger partial charge in [-0.25, -0.2) is 0 Å². The summed E-state index contributed by atoms with van der Waals surface area (Å²) in [5, 5.41) is 0. The molecule has 1 rings (SSSR count). The molecular formula is C11H15NO. The van der Waals surface area contributed by atoms with Crippen molar-refractivity contribution in [2.75, 3.05) is 19.0 Å². The Labute approximate surface area is 79.2 Å². The number of aryl methyl sites for hydroxylation is 1. The van der Waals surface area contributed by atoms with Crippen LogP contribution in [0.15, 0.2) is 24.3 Å². The van der Waals surface area contributed by atoms with Gasteiger partial charge in [0.05, 0.1) is 0 Å². The van der Waals surface area contributed by atoms with Crippen LogP contribution in [0.25, 0.3) is 0 Å². The molecule has 0 saturated heterocycles. The van der Waals surface area contributed by atoms with Gasteiger partial charge in [0, 0.05) is 26.2 Å². The van der Waals surface area contributed by atoms with Gasteiger partial charge >= 0.3 is 0 Å². The molecule has 0 bridgehead atoms. The van der Waals surface area contributed by atoms with Crippen LogP contribution in [0.4, 0.5) is 5.69 Å². The van der Waals surface area contributed by atoms with E-state index in [1.807, 2.05) is 14.1 Å². The Morgan fingerprint density at radius 2 is 1.85 bits per heavy atom. The molecule has 0 atom stereocenters. The molecule has 13 heavy (non-hydrogen) atoms. The predicted octanol–water partition coefficient (Wildman–Crippen LogP) is 1.88. The van der Waals surface area contributed by atoms with E-state index in [1.54, 1.807) is 0 Å². The molecule has 1 aromatic carbocycles. The third-order valence-corrected chi connectivity index (χ3v) is 2.00. The minimum Gasteiger partial charge on any atom is -0.378 e. The Morgan fingerprint density at radius 3 is 2.31 bits per heavy atom. The molecule has 0 radical (unpaired) electrons. The van der Waals surface area contributed by atoms with Crippen molar-refractivity contribution >= 4 is 12.0 Å². The lowest BCUT2D eigenvalue weighted by Crippen LogP contribution is -2.08. The van der Waals surface area contributed by atoms with Crippen molar-refractivity contribution < 1.29 is 4.79 Å². The minimum absolute atomic E-state index is 0.612. The van der Waals surface area contributed by atoms with E-state index >= 15 is 0 Å². The van der Waals surface area contributed by atoms with Crippen LogP contribution in [0.2, 0.25) is 0 Å². The highest BCUT2D eigenvalue weighted by Crippen LogP contribution is 2.12. The molecule has 0 spiro atoms. The molecule has 0 aliphatic rings. The molecule has 0 aliphatic carbocycles. The Bertz CT molecular complexity index is 264. The van der Waals surface area contributed by atoms with Gasteiger partial charge in [-0.05, 0) is 24.1 Å². The minimum atomic E-state index is 0.612. The van der Waals surface area contributed by atoms with Gasteiger partial charge in [-0.2, -0.15) is 0 Å². The molecule has 0 heterocycles. The van der Waals surface area contributed by atoms with E-state index in [0.29, 0.717) is 6.42 Å². The number of carbonyl (C=O) groups is 1. The van der Waals surface area contributed by atoms with Gasteiger partial charge in [0.25, 0.3) is 0 Å². The van der Waals surface area contributed by atoms with Crippen LogP contribution in [0.1, 0.15) is 12.0 Å². The molecule has 0 N–H and O–H groups in total. The molecule has 0 unspecified atom stereocenters. The van der Waals surface area contributed by atoms with E-state index in [0.717, 1.165) is 12.7 Å². The van der Waals surface area contributed by atoms with E-state index in [9.17, 15) is 4.79 Å². The molecule has 0 fully saturated rings. The van der Waals surface area contributed by atoms with Crippen molar-refractivity contribution in [1.29, 1.82) is 0 Å². The van der Waals surface area contributed by atoms with Crippen molar-refractivity contribution in [2.45, 2.75) is 12.8 Å². The monoisotopic (exact) mass is 177 g/mol. The van der Waals surface area contributed by atoms with Crippen LogP contribution in [0.3, 0.4) is 0 Å². The Kier molecular flexibility index (Phi) is 3.50. The maximum atomic E-state index is 10.1. The fraction of sp³-hybridized carbons (Fsp3) is 0.364. The van der Waals surface area contributed by atoms with E-state index in [-0.39, 0.29) is 0 Å². The van der Waals surface area contributed by atoms with Crippen LogP contribution in [0, 0.1) is 0 Å². The Balaban J connectivity index is 2.64. The van der Waals surface area contributed by atoms with E-state index in [1.165, 1.54) is 11.3 Å². The number of anilines is 1. The number of rotatable bonds is 4. The summed E-state index contributed by atoms with van der Waals surface area (Å²) in [6.45, 7) is 0. The van der Waals surface area contributed by atoms with Crippen LogP contribution in [0.5, 0.6) is 0 Å². The van der Waals surface area contributed by atoms with Crippen molar-refractivity contribution in [3.8, 4) is 0 Å². The standard InChI is InChI=1S/C11H15NO/c1-12(2)11-7-5-10(6-8-11)4-3-9-13/h5-9H,3-4H2,1-2H3. The fourth-order valence-corrected chi connectivity index (χ4v) is 1.19. The van der Waals surface area contributed by atoms with Crippen LogP contribution in [-0.2, 0) is 11.2 Å². The van der Waals surface area contributed by atoms with E-state index < -0.39 is 0 Å². The summed E-state index contributed by atoms with van der Waals surface area (Å²) in [5.41, 5.74) is 2.41. The zero-order chi connectivity index (χ0) is 9.68. The highest BCUT2D eigenvalue weighted by atomic mass is 16.1. The summed E-state index contributed by atoms with van der Waals surface area (Å²) < 4.78 is 0. The molecule has 1 aromatic rings. The number of benzene rings is 1. The summed E-state index contributed by atoms with van der Waals surface area (Å²) in [7, 11) is 4.03. The van der Waals surface area contributed by atoms with Gasteiger partial charge in [0.1, 0.15) is 6.29 Å². The largest absolute Gasteiger partial charge is 0.378 e. The predicted molar refractivity (Wildman–Crippen MR) is 55.2 cm³/mol. The lowest BCUT2D eigenvalue weighted by Gasteiger charge is -2.12. The molecule has 2 nitrogen and oxygen atoms in total. The second kappa shape index (κ2) is 4.65. The summed E-state index contributed by atoms with van der Waals surface area (Å²) >= 11 is 0. The van der Waals surface area contributed by atoms with E-state index in [4.69, 9.17) is 0 Å². The number of aldehydes is 1. The van der Waals surface area contributed by atoms with Gasteiger partial charge in [-0.1, -0.05) is 12.1 Å². The normalized spacial score (nSPS) is 9.69. The van der Waals surface area contributed by atoms with Crippen molar-refractivity contribution in [3.63, 3.8) is 0 Å². The number of carbonyl (C=O) groups excluding carboxylic acids is 1. The van der Waals surface area contributed by atoms with Crippen LogP contribution in [-0.4, -0.2) is 20.4 Å². The molecular weight excluding hydrogens is 162 g/mol. The molecule has 70 valence electrons. The smallest absolute Gasteiger partial charge is 0.120 e.